The molecule has 1 aromatic heterocycles. The van der Waals surface area contributed by atoms with E-state index in [-0.39, 0.29) is 29.5 Å². The Morgan fingerprint density at radius 2 is 1.89 bits per heavy atom. The fourth-order valence-electron chi connectivity index (χ4n) is 5.47. The number of carbonyl (C=O) groups excluding carboxylic acids is 2. The van der Waals surface area contributed by atoms with Crippen LogP contribution in [0.1, 0.15) is 67.5 Å². The van der Waals surface area contributed by atoms with Gasteiger partial charge in [-0.15, -0.1) is 11.3 Å². The summed E-state index contributed by atoms with van der Waals surface area (Å²) in [6.45, 7) is 2.25. The van der Waals surface area contributed by atoms with E-state index in [0.29, 0.717) is 5.92 Å². The number of carbonyl (C=O) groups is 2. The van der Waals surface area contributed by atoms with Gasteiger partial charge in [0.25, 0.3) is 11.8 Å². The molecule has 1 unspecified atom stereocenters. The minimum absolute atomic E-state index is 0.0607. The molecular formula is C22H30N2O3S. The Morgan fingerprint density at radius 1 is 1.14 bits per heavy atom. The maximum atomic E-state index is 13.1. The average Bonchev–Trinajstić information content (AvgIpc) is 3.39. The van der Waals surface area contributed by atoms with E-state index in [1.165, 1.54) is 43.4 Å². The Morgan fingerprint density at radius 3 is 2.54 bits per heavy atom. The van der Waals surface area contributed by atoms with Gasteiger partial charge in [-0.3, -0.25) is 9.59 Å². The van der Waals surface area contributed by atoms with Gasteiger partial charge in [0.05, 0.1) is 17.0 Å². The van der Waals surface area contributed by atoms with Crippen LogP contribution in [0.25, 0.3) is 0 Å². The van der Waals surface area contributed by atoms with Crippen molar-refractivity contribution < 1.29 is 14.3 Å². The second kappa shape index (κ2) is 7.45. The minimum Gasteiger partial charge on any atom is -0.366 e. The van der Waals surface area contributed by atoms with E-state index >= 15 is 0 Å². The molecule has 1 atom stereocenters. The zero-order valence-electron chi connectivity index (χ0n) is 16.5. The van der Waals surface area contributed by atoms with E-state index in [0.717, 1.165) is 50.3 Å². The molecule has 0 aromatic carbocycles. The van der Waals surface area contributed by atoms with Gasteiger partial charge in [0.15, 0.2) is 6.10 Å². The molecule has 4 aliphatic rings. The van der Waals surface area contributed by atoms with Crippen molar-refractivity contribution in [2.45, 2.75) is 75.5 Å². The summed E-state index contributed by atoms with van der Waals surface area (Å²) in [7, 11) is 0. The highest BCUT2D eigenvalue weighted by atomic mass is 32.1. The lowest BCUT2D eigenvalue weighted by atomic mass is 9.68. The van der Waals surface area contributed by atoms with E-state index in [1.807, 2.05) is 22.4 Å². The number of hydrogen-bond acceptors (Lipinski definition) is 4. The van der Waals surface area contributed by atoms with Crippen molar-refractivity contribution in [1.82, 2.24) is 9.80 Å². The van der Waals surface area contributed by atoms with Crippen LogP contribution in [0.3, 0.4) is 0 Å². The smallest absolute Gasteiger partial charge is 0.263 e. The number of β-lactam (4-membered cyclic amide) rings is 1. The molecule has 0 N–H and O–H groups in total. The molecule has 2 saturated heterocycles. The van der Waals surface area contributed by atoms with Gasteiger partial charge in [0, 0.05) is 19.1 Å². The lowest BCUT2D eigenvalue weighted by Crippen LogP contribution is -2.78. The molecule has 4 fully saturated rings. The highest BCUT2D eigenvalue weighted by molar-refractivity contribution is 7.12. The first kappa shape index (κ1) is 18.6. The molecule has 2 amide bonds. The molecule has 6 heteroatoms. The highest BCUT2D eigenvalue weighted by Gasteiger charge is 2.62. The van der Waals surface area contributed by atoms with Gasteiger partial charge in [-0.05, 0) is 55.9 Å². The number of rotatable bonds is 5. The normalized spacial score (nSPS) is 27.9. The predicted molar refractivity (Wildman–Crippen MR) is 108 cm³/mol. The number of nitrogens with zero attached hydrogens (tertiary/aromatic N) is 2. The maximum absolute atomic E-state index is 13.1. The van der Waals surface area contributed by atoms with Crippen molar-refractivity contribution in [3.05, 3.63) is 22.4 Å². The third-order valence-corrected chi connectivity index (χ3v) is 8.05. The average molecular weight is 403 g/mol. The highest BCUT2D eigenvalue weighted by Crippen LogP contribution is 2.48. The summed E-state index contributed by atoms with van der Waals surface area (Å²) < 4.78 is 6.18. The minimum atomic E-state index is -0.209. The quantitative estimate of drug-likeness (QED) is 0.706. The fourth-order valence-corrected chi connectivity index (χ4v) is 6.16. The van der Waals surface area contributed by atoms with E-state index in [2.05, 4.69) is 4.90 Å². The molecule has 5 rings (SSSR count). The first-order valence-corrected chi connectivity index (χ1v) is 11.8. The lowest BCUT2D eigenvalue weighted by Gasteiger charge is -2.62. The van der Waals surface area contributed by atoms with Crippen molar-refractivity contribution in [1.29, 1.82) is 0 Å². The van der Waals surface area contributed by atoms with Crippen molar-refractivity contribution in [3.63, 3.8) is 0 Å². The van der Waals surface area contributed by atoms with E-state index in [1.54, 1.807) is 0 Å². The van der Waals surface area contributed by atoms with Crippen LogP contribution in [-0.4, -0.2) is 59.0 Å². The largest absolute Gasteiger partial charge is 0.366 e. The number of piperidine rings is 1. The summed E-state index contributed by atoms with van der Waals surface area (Å²) in [6.07, 6.45) is 9.92. The molecule has 2 aliphatic carbocycles. The van der Waals surface area contributed by atoms with E-state index in [9.17, 15) is 9.59 Å². The second-order valence-electron chi connectivity index (χ2n) is 9.03. The summed E-state index contributed by atoms with van der Waals surface area (Å²) >= 11 is 1.51. The van der Waals surface area contributed by atoms with Crippen LogP contribution in [0.4, 0.5) is 0 Å². The maximum Gasteiger partial charge on any atom is 0.263 e. The molecule has 1 spiro atoms. The molecule has 0 radical (unpaired) electrons. The fraction of sp³-hybridized carbons (Fsp3) is 0.727. The molecule has 152 valence electrons. The lowest BCUT2D eigenvalue weighted by molar-refractivity contribution is -0.211. The first-order valence-electron chi connectivity index (χ1n) is 11.0. The van der Waals surface area contributed by atoms with Gasteiger partial charge in [0.2, 0.25) is 0 Å². The standard InChI is InChI=1S/C22H30N2O3S/c25-20(18-5-4-14-28-18)23-12-8-17(9-13-23)24-21(26)19(27-15-16-6-7-16)22(24)10-2-1-3-11-22/h4-5,14,16-17,19H,1-3,6-13,15H2. The van der Waals surface area contributed by atoms with Crippen LogP contribution < -0.4 is 0 Å². The molecule has 1 aromatic rings. The van der Waals surface area contributed by atoms with Gasteiger partial charge in [-0.25, -0.2) is 0 Å². The third-order valence-electron chi connectivity index (χ3n) is 7.19. The van der Waals surface area contributed by atoms with Crippen molar-refractivity contribution in [2.24, 2.45) is 5.92 Å². The van der Waals surface area contributed by atoms with Crippen LogP contribution in [0.15, 0.2) is 17.5 Å². The number of amides is 2. The Balaban J connectivity index is 1.25. The summed E-state index contributed by atoms with van der Waals surface area (Å²) in [6, 6.07) is 4.09. The molecule has 28 heavy (non-hydrogen) atoms. The van der Waals surface area contributed by atoms with Crippen molar-refractivity contribution >= 4 is 23.2 Å². The van der Waals surface area contributed by atoms with Crippen LogP contribution in [-0.2, 0) is 9.53 Å². The van der Waals surface area contributed by atoms with E-state index in [4.69, 9.17) is 4.74 Å². The Bertz CT molecular complexity index is 716. The molecule has 3 heterocycles. The number of likely N-dealkylation sites (tertiary alicyclic amines) is 2. The van der Waals surface area contributed by atoms with Gasteiger partial charge < -0.3 is 14.5 Å². The summed E-state index contributed by atoms with van der Waals surface area (Å²) in [4.78, 5) is 30.7. The van der Waals surface area contributed by atoms with Crippen LogP contribution in [0.2, 0.25) is 0 Å². The number of ether oxygens (including phenoxy) is 1. The topological polar surface area (TPSA) is 49.9 Å². The third kappa shape index (κ3) is 3.18. The molecular weight excluding hydrogens is 372 g/mol. The monoisotopic (exact) mass is 402 g/mol. The van der Waals surface area contributed by atoms with Crippen molar-refractivity contribution in [3.8, 4) is 0 Å². The number of thiophene rings is 1. The summed E-state index contributed by atoms with van der Waals surface area (Å²) in [5, 5.41) is 1.95. The Labute approximate surface area is 171 Å². The van der Waals surface area contributed by atoms with Crippen LogP contribution >= 0.6 is 11.3 Å². The SMILES string of the molecule is O=C(c1cccs1)N1CCC(N2C(=O)C(OCC3CC3)C23CCCCC3)CC1. The summed E-state index contributed by atoms with van der Waals surface area (Å²) in [5.74, 6) is 1.04. The Hall–Kier alpha value is -1.40. The Kier molecular flexibility index (Phi) is 4.95. The van der Waals surface area contributed by atoms with Gasteiger partial charge >= 0.3 is 0 Å². The van der Waals surface area contributed by atoms with Crippen LogP contribution in [0.5, 0.6) is 0 Å². The molecule has 2 aliphatic heterocycles. The van der Waals surface area contributed by atoms with Crippen molar-refractivity contribution in [2.75, 3.05) is 19.7 Å². The second-order valence-corrected chi connectivity index (χ2v) is 9.98. The zero-order valence-corrected chi connectivity index (χ0v) is 17.3. The molecule has 0 bridgehead atoms. The van der Waals surface area contributed by atoms with Gasteiger partial charge in [-0.1, -0.05) is 25.3 Å². The predicted octanol–water partition coefficient (Wildman–Crippen LogP) is 3.69. The number of hydrogen-bond donors (Lipinski definition) is 0. The zero-order chi connectivity index (χ0) is 19.1. The van der Waals surface area contributed by atoms with Gasteiger partial charge in [-0.2, -0.15) is 0 Å². The van der Waals surface area contributed by atoms with Crippen LogP contribution in [0, 0.1) is 5.92 Å². The van der Waals surface area contributed by atoms with Gasteiger partial charge in [0.1, 0.15) is 0 Å². The molecule has 2 saturated carbocycles. The van der Waals surface area contributed by atoms with E-state index < -0.39 is 0 Å². The summed E-state index contributed by atoms with van der Waals surface area (Å²) in [5.41, 5.74) is -0.0607. The first-order chi connectivity index (χ1) is 13.7. The molecule has 5 nitrogen and oxygen atoms in total.